The average Bonchev–Trinajstić information content (AvgIpc) is 3.52. The molecule has 0 atom stereocenters. The van der Waals surface area contributed by atoms with Gasteiger partial charge in [0.1, 0.15) is 17.0 Å². The Kier molecular flexibility index (Phi) is 5.94. The zero-order chi connectivity index (χ0) is 25.4. The van der Waals surface area contributed by atoms with Crippen LogP contribution in [0.5, 0.6) is 0 Å². The Hall–Kier alpha value is -4.43. The van der Waals surface area contributed by atoms with Crippen molar-refractivity contribution >= 4 is 21.9 Å². The Bertz CT molecular complexity index is 1700. The number of aromatic nitrogens is 6. The van der Waals surface area contributed by atoms with E-state index in [1.165, 1.54) is 6.07 Å². The molecular weight excluding hydrogens is 465 g/mol. The van der Waals surface area contributed by atoms with Crippen molar-refractivity contribution in [2.24, 2.45) is 0 Å². The van der Waals surface area contributed by atoms with Crippen LogP contribution in [-0.4, -0.2) is 55.7 Å². The van der Waals surface area contributed by atoms with E-state index in [2.05, 4.69) is 42.2 Å². The maximum Gasteiger partial charge on any atom is 0.159 e. The average molecular weight is 492 g/mol. The summed E-state index contributed by atoms with van der Waals surface area (Å²) in [5, 5.41) is 8.62. The second-order valence-electron chi connectivity index (χ2n) is 9.46. The summed E-state index contributed by atoms with van der Waals surface area (Å²) < 4.78 is 14.6. The number of H-pyrrole nitrogens is 2. The van der Waals surface area contributed by atoms with Crippen molar-refractivity contribution in [3.8, 4) is 33.9 Å². The summed E-state index contributed by atoms with van der Waals surface area (Å²) in [6, 6.07) is 17.2. The third kappa shape index (κ3) is 4.59. The standard InChI is InChI=1S/C29H26FN7/c1-37(2)13-3-4-18-14-21(16-22(30)15-18)26-28-25(9-12-32-26)33-29(34-28)27-23-17-20(5-6-24(23)35-36-27)19-7-10-31-11-8-19/h5-12,14-17H,3-4,13H2,1-2H3,(H,33,34)(H,35,36). The fraction of sp³-hybridized carbons (Fsp3) is 0.172. The van der Waals surface area contributed by atoms with Crippen molar-refractivity contribution in [1.82, 2.24) is 35.0 Å². The molecule has 4 heterocycles. The summed E-state index contributed by atoms with van der Waals surface area (Å²) >= 11 is 0. The molecule has 4 aromatic heterocycles. The van der Waals surface area contributed by atoms with Gasteiger partial charge in [-0.25, -0.2) is 9.37 Å². The topological polar surface area (TPSA) is 86.4 Å². The Morgan fingerprint density at radius 1 is 0.838 bits per heavy atom. The lowest BCUT2D eigenvalue weighted by atomic mass is 10.0. The molecule has 0 saturated carbocycles. The van der Waals surface area contributed by atoms with Gasteiger partial charge in [-0.1, -0.05) is 6.07 Å². The van der Waals surface area contributed by atoms with E-state index in [4.69, 9.17) is 4.98 Å². The van der Waals surface area contributed by atoms with Gasteiger partial charge in [0, 0.05) is 29.5 Å². The van der Waals surface area contributed by atoms with Crippen molar-refractivity contribution in [2.45, 2.75) is 12.8 Å². The Labute approximate surface area is 213 Å². The lowest BCUT2D eigenvalue weighted by molar-refractivity contribution is 0.400. The molecule has 37 heavy (non-hydrogen) atoms. The first-order chi connectivity index (χ1) is 18.0. The fourth-order valence-electron chi connectivity index (χ4n) is 4.71. The predicted octanol–water partition coefficient (Wildman–Crippen LogP) is 5.86. The number of pyridine rings is 2. The molecular formula is C29H26FN7. The lowest BCUT2D eigenvalue weighted by Crippen LogP contribution is -2.13. The van der Waals surface area contributed by atoms with Gasteiger partial charge in [0.2, 0.25) is 0 Å². The van der Waals surface area contributed by atoms with Gasteiger partial charge in [0.15, 0.2) is 5.82 Å². The van der Waals surface area contributed by atoms with Gasteiger partial charge in [0.25, 0.3) is 0 Å². The molecule has 0 saturated heterocycles. The van der Waals surface area contributed by atoms with Crippen LogP contribution in [0.4, 0.5) is 4.39 Å². The molecule has 2 N–H and O–H groups in total. The maximum atomic E-state index is 14.6. The molecule has 0 fully saturated rings. The summed E-state index contributed by atoms with van der Waals surface area (Å²) in [6.45, 7) is 0.947. The van der Waals surface area contributed by atoms with Crippen LogP contribution in [0.25, 0.3) is 55.8 Å². The predicted molar refractivity (Wildman–Crippen MR) is 144 cm³/mol. The summed E-state index contributed by atoms with van der Waals surface area (Å²) in [5.41, 5.74) is 7.60. The highest BCUT2D eigenvalue weighted by Crippen LogP contribution is 2.32. The van der Waals surface area contributed by atoms with Crippen molar-refractivity contribution in [3.63, 3.8) is 0 Å². The third-order valence-corrected chi connectivity index (χ3v) is 6.50. The molecule has 6 aromatic rings. The smallest absolute Gasteiger partial charge is 0.159 e. The van der Waals surface area contributed by atoms with Crippen molar-refractivity contribution < 1.29 is 4.39 Å². The number of hydrogen-bond acceptors (Lipinski definition) is 5. The molecule has 6 rings (SSSR count). The molecule has 0 amide bonds. The van der Waals surface area contributed by atoms with E-state index in [9.17, 15) is 4.39 Å². The SMILES string of the molecule is CN(C)CCCc1cc(F)cc(-c2nccc3[nH]c(-c4n[nH]c5ccc(-c6ccncc6)cc45)nc23)c1. The van der Waals surface area contributed by atoms with Gasteiger partial charge in [-0.15, -0.1) is 0 Å². The number of nitrogens with one attached hydrogen (secondary N) is 2. The number of fused-ring (bicyclic) bond motifs is 2. The Balaban J connectivity index is 1.41. The Morgan fingerprint density at radius 2 is 1.70 bits per heavy atom. The van der Waals surface area contributed by atoms with Crippen LogP contribution in [0.3, 0.4) is 0 Å². The van der Waals surface area contributed by atoms with E-state index in [0.717, 1.165) is 63.8 Å². The van der Waals surface area contributed by atoms with E-state index >= 15 is 0 Å². The number of imidazole rings is 1. The molecule has 0 spiro atoms. The van der Waals surface area contributed by atoms with Gasteiger partial charge < -0.3 is 9.88 Å². The molecule has 7 nitrogen and oxygen atoms in total. The first kappa shape index (κ1) is 23.0. The van der Waals surface area contributed by atoms with E-state index in [0.29, 0.717) is 17.0 Å². The van der Waals surface area contributed by atoms with E-state index < -0.39 is 0 Å². The van der Waals surface area contributed by atoms with E-state index in [1.807, 2.05) is 44.4 Å². The van der Waals surface area contributed by atoms with Crippen LogP contribution in [0, 0.1) is 5.82 Å². The number of benzene rings is 2. The van der Waals surface area contributed by atoms with Gasteiger partial charge in [-0.05, 0) is 98.7 Å². The summed E-state index contributed by atoms with van der Waals surface area (Å²) in [6.07, 6.45) is 7.03. The van der Waals surface area contributed by atoms with Gasteiger partial charge in [-0.2, -0.15) is 5.10 Å². The van der Waals surface area contributed by atoms with E-state index in [1.54, 1.807) is 24.7 Å². The van der Waals surface area contributed by atoms with Crippen LogP contribution < -0.4 is 0 Å². The van der Waals surface area contributed by atoms with E-state index in [-0.39, 0.29) is 5.82 Å². The number of hydrogen-bond donors (Lipinski definition) is 2. The van der Waals surface area contributed by atoms with Gasteiger partial charge in [-0.3, -0.25) is 15.1 Å². The van der Waals surface area contributed by atoms with Gasteiger partial charge >= 0.3 is 0 Å². The molecule has 0 aliphatic heterocycles. The second kappa shape index (κ2) is 9.55. The zero-order valence-corrected chi connectivity index (χ0v) is 20.7. The van der Waals surface area contributed by atoms with Crippen molar-refractivity contribution in [3.05, 3.63) is 84.6 Å². The minimum Gasteiger partial charge on any atom is -0.336 e. The second-order valence-corrected chi connectivity index (χ2v) is 9.46. The van der Waals surface area contributed by atoms with Crippen LogP contribution in [0.15, 0.2) is 73.2 Å². The van der Waals surface area contributed by atoms with Crippen LogP contribution in [-0.2, 0) is 6.42 Å². The molecule has 0 aliphatic rings. The van der Waals surface area contributed by atoms with Crippen LogP contribution >= 0.6 is 0 Å². The van der Waals surface area contributed by atoms with Crippen molar-refractivity contribution in [1.29, 1.82) is 0 Å². The first-order valence-corrected chi connectivity index (χ1v) is 12.2. The highest BCUT2D eigenvalue weighted by molar-refractivity contribution is 5.97. The monoisotopic (exact) mass is 491 g/mol. The number of aromatic amines is 2. The first-order valence-electron chi connectivity index (χ1n) is 12.2. The molecule has 8 heteroatoms. The fourth-order valence-corrected chi connectivity index (χ4v) is 4.71. The molecule has 0 unspecified atom stereocenters. The zero-order valence-electron chi connectivity index (χ0n) is 20.7. The number of halogens is 1. The third-order valence-electron chi connectivity index (χ3n) is 6.50. The van der Waals surface area contributed by atoms with Crippen LogP contribution in [0.2, 0.25) is 0 Å². The quantitative estimate of drug-likeness (QED) is 0.292. The minimum atomic E-state index is -0.270. The number of nitrogens with zero attached hydrogens (tertiary/aromatic N) is 5. The summed E-state index contributed by atoms with van der Waals surface area (Å²) in [5.74, 6) is 0.360. The highest BCUT2D eigenvalue weighted by atomic mass is 19.1. The van der Waals surface area contributed by atoms with Crippen LogP contribution in [0.1, 0.15) is 12.0 Å². The Morgan fingerprint density at radius 3 is 2.54 bits per heavy atom. The summed E-state index contributed by atoms with van der Waals surface area (Å²) in [4.78, 5) is 19.1. The summed E-state index contributed by atoms with van der Waals surface area (Å²) in [7, 11) is 4.08. The lowest BCUT2D eigenvalue weighted by Gasteiger charge is -2.10. The highest BCUT2D eigenvalue weighted by Gasteiger charge is 2.17. The molecule has 2 aromatic carbocycles. The molecule has 0 radical (unpaired) electrons. The minimum absolute atomic E-state index is 0.270. The normalized spacial score (nSPS) is 11.7. The largest absolute Gasteiger partial charge is 0.336 e. The molecule has 0 bridgehead atoms. The number of aryl methyl sites for hydroxylation is 1. The number of rotatable bonds is 7. The van der Waals surface area contributed by atoms with Crippen molar-refractivity contribution in [2.75, 3.05) is 20.6 Å². The van der Waals surface area contributed by atoms with Gasteiger partial charge in [0.05, 0.1) is 16.7 Å². The maximum absolute atomic E-state index is 14.6. The molecule has 0 aliphatic carbocycles. The molecule has 184 valence electrons.